The number of aromatic nitrogens is 3. The van der Waals surface area contributed by atoms with Crippen LogP contribution >= 0.6 is 0 Å². The predicted octanol–water partition coefficient (Wildman–Crippen LogP) is 4.31. The SMILES string of the molecule is CNC(=O)c1c(-c2ccc(F)cc2)oc2cc(N(C)S(C)(=O)=O)c(-c3cncc(-c4cc5n(n4)CCO5)c3)cc12. The summed E-state index contributed by atoms with van der Waals surface area (Å²) in [4.78, 5) is 17.5. The van der Waals surface area contributed by atoms with Crippen molar-refractivity contribution in [3.63, 3.8) is 0 Å². The second-order valence-corrected chi connectivity index (χ2v) is 11.4. The summed E-state index contributed by atoms with van der Waals surface area (Å²) in [6.45, 7) is 1.22. The van der Waals surface area contributed by atoms with Crippen LogP contribution in [0.25, 0.3) is 44.7 Å². The minimum atomic E-state index is -3.68. The number of amides is 1. The number of furan rings is 1. The van der Waals surface area contributed by atoms with E-state index in [0.29, 0.717) is 63.6 Å². The average Bonchev–Trinajstić information content (AvgIpc) is 3.65. The van der Waals surface area contributed by atoms with Crippen molar-refractivity contribution in [1.82, 2.24) is 20.1 Å². The summed E-state index contributed by atoms with van der Waals surface area (Å²) in [5.41, 5.74) is 3.84. The van der Waals surface area contributed by atoms with Crippen molar-refractivity contribution < 1.29 is 26.8 Å². The van der Waals surface area contributed by atoms with Crippen LogP contribution in [0.5, 0.6) is 5.88 Å². The predicted molar refractivity (Wildman–Crippen MR) is 148 cm³/mol. The Balaban J connectivity index is 1.59. The second-order valence-electron chi connectivity index (χ2n) is 9.39. The number of rotatable bonds is 6. The number of nitrogens with zero attached hydrogens (tertiary/aromatic N) is 4. The molecule has 0 saturated heterocycles. The fourth-order valence-electron chi connectivity index (χ4n) is 4.74. The molecule has 0 atom stereocenters. The molecular formula is C28H24FN5O5S. The third kappa shape index (κ3) is 4.35. The fraction of sp³-hybridized carbons (Fsp3) is 0.179. The molecule has 1 aliphatic heterocycles. The van der Waals surface area contributed by atoms with Crippen LogP contribution in [-0.4, -0.2) is 56.0 Å². The number of halogens is 1. The molecule has 10 nitrogen and oxygen atoms in total. The zero-order chi connectivity index (χ0) is 28.2. The van der Waals surface area contributed by atoms with Crippen LogP contribution in [-0.2, 0) is 16.6 Å². The molecule has 0 fully saturated rings. The Bertz CT molecular complexity index is 1880. The molecule has 0 saturated carbocycles. The Kier molecular flexibility index (Phi) is 6.06. The molecule has 4 heterocycles. The van der Waals surface area contributed by atoms with Crippen LogP contribution in [0.2, 0.25) is 0 Å². The van der Waals surface area contributed by atoms with E-state index in [9.17, 15) is 17.6 Å². The van der Waals surface area contributed by atoms with Gasteiger partial charge >= 0.3 is 0 Å². The Morgan fingerprint density at radius 1 is 1.07 bits per heavy atom. The monoisotopic (exact) mass is 561 g/mol. The van der Waals surface area contributed by atoms with Crippen LogP contribution < -0.4 is 14.4 Å². The van der Waals surface area contributed by atoms with Crippen molar-refractivity contribution in [2.24, 2.45) is 0 Å². The van der Waals surface area contributed by atoms with E-state index in [1.165, 1.54) is 38.4 Å². The lowest BCUT2D eigenvalue weighted by molar-refractivity contribution is 0.0964. The van der Waals surface area contributed by atoms with Gasteiger partial charge in [-0.05, 0) is 36.4 Å². The molecule has 0 radical (unpaired) electrons. The zero-order valence-corrected chi connectivity index (χ0v) is 22.6. The van der Waals surface area contributed by atoms with E-state index >= 15 is 0 Å². The first-order valence-corrected chi connectivity index (χ1v) is 14.2. The van der Waals surface area contributed by atoms with Crippen LogP contribution in [0.15, 0.2) is 65.3 Å². The smallest absolute Gasteiger partial charge is 0.255 e. The lowest BCUT2D eigenvalue weighted by atomic mass is 9.98. The normalized spacial score (nSPS) is 12.8. The summed E-state index contributed by atoms with van der Waals surface area (Å²) in [6, 6.07) is 12.6. The topological polar surface area (TPSA) is 120 Å². The van der Waals surface area contributed by atoms with Crippen molar-refractivity contribution in [2.75, 3.05) is 31.3 Å². The molecule has 1 aliphatic rings. The molecule has 0 bridgehead atoms. The van der Waals surface area contributed by atoms with E-state index in [2.05, 4.69) is 15.4 Å². The molecule has 3 aromatic heterocycles. The highest BCUT2D eigenvalue weighted by atomic mass is 32.2. The molecule has 204 valence electrons. The fourth-order valence-corrected chi connectivity index (χ4v) is 5.25. The molecule has 0 unspecified atom stereocenters. The van der Waals surface area contributed by atoms with E-state index < -0.39 is 21.7 Å². The van der Waals surface area contributed by atoms with Crippen LogP contribution in [0.1, 0.15) is 10.4 Å². The molecule has 6 rings (SSSR count). The number of anilines is 1. The summed E-state index contributed by atoms with van der Waals surface area (Å²) in [5, 5.41) is 7.68. The van der Waals surface area contributed by atoms with Gasteiger partial charge in [0.05, 0.1) is 29.7 Å². The molecule has 2 aromatic carbocycles. The first kappa shape index (κ1) is 25.6. The number of hydrogen-bond donors (Lipinski definition) is 1. The highest BCUT2D eigenvalue weighted by Gasteiger charge is 2.26. The van der Waals surface area contributed by atoms with Crippen LogP contribution in [0.4, 0.5) is 10.1 Å². The van der Waals surface area contributed by atoms with E-state index in [-0.39, 0.29) is 11.3 Å². The molecule has 40 heavy (non-hydrogen) atoms. The Hall–Kier alpha value is -4.71. The maximum Gasteiger partial charge on any atom is 0.255 e. The van der Waals surface area contributed by atoms with Gasteiger partial charge in [-0.15, -0.1) is 0 Å². The largest absolute Gasteiger partial charge is 0.476 e. The second kappa shape index (κ2) is 9.49. The molecule has 1 N–H and O–H groups in total. The number of carbonyl (C=O) groups is 1. The summed E-state index contributed by atoms with van der Waals surface area (Å²) < 4.78 is 53.6. The summed E-state index contributed by atoms with van der Waals surface area (Å²) in [7, 11) is -0.734. The third-order valence-corrected chi connectivity index (χ3v) is 8.04. The molecule has 1 amide bonds. The van der Waals surface area contributed by atoms with Crippen LogP contribution in [0, 0.1) is 5.82 Å². The Morgan fingerprint density at radius 2 is 1.82 bits per heavy atom. The van der Waals surface area contributed by atoms with Crippen LogP contribution in [0.3, 0.4) is 0 Å². The van der Waals surface area contributed by atoms with Crippen molar-refractivity contribution in [3.8, 4) is 39.6 Å². The van der Waals surface area contributed by atoms with Gasteiger partial charge in [0.15, 0.2) is 0 Å². The highest BCUT2D eigenvalue weighted by Crippen LogP contribution is 2.42. The van der Waals surface area contributed by atoms with Crippen molar-refractivity contribution in [3.05, 3.63) is 72.3 Å². The third-order valence-electron chi connectivity index (χ3n) is 6.84. The quantitative estimate of drug-likeness (QED) is 0.328. The minimum Gasteiger partial charge on any atom is -0.476 e. The number of fused-ring (bicyclic) bond motifs is 2. The van der Waals surface area contributed by atoms with Gasteiger partial charge in [-0.3, -0.25) is 14.1 Å². The van der Waals surface area contributed by atoms with Gasteiger partial charge in [-0.25, -0.2) is 17.5 Å². The van der Waals surface area contributed by atoms with Crippen molar-refractivity contribution >= 4 is 32.6 Å². The van der Waals surface area contributed by atoms with Gasteiger partial charge in [0.25, 0.3) is 5.91 Å². The molecule has 12 heteroatoms. The van der Waals surface area contributed by atoms with Gasteiger partial charge < -0.3 is 14.5 Å². The lowest BCUT2D eigenvalue weighted by Crippen LogP contribution is -2.25. The number of benzene rings is 2. The molecule has 0 aliphatic carbocycles. The Morgan fingerprint density at radius 3 is 2.52 bits per heavy atom. The van der Waals surface area contributed by atoms with Crippen molar-refractivity contribution in [2.45, 2.75) is 6.54 Å². The Labute approximate surface area is 229 Å². The first-order chi connectivity index (χ1) is 19.1. The number of ether oxygens (including phenoxy) is 1. The zero-order valence-electron chi connectivity index (χ0n) is 21.8. The van der Waals surface area contributed by atoms with Gasteiger partial charge in [-0.1, -0.05) is 0 Å². The van der Waals surface area contributed by atoms with Gasteiger partial charge in [0.1, 0.15) is 23.8 Å². The molecule has 0 spiro atoms. The molecular weight excluding hydrogens is 537 g/mol. The average molecular weight is 562 g/mol. The highest BCUT2D eigenvalue weighted by molar-refractivity contribution is 7.92. The maximum absolute atomic E-state index is 13.6. The van der Waals surface area contributed by atoms with Gasteiger partial charge in [0, 0.05) is 66.3 Å². The molecule has 5 aromatic rings. The number of pyridine rings is 1. The van der Waals surface area contributed by atoms with E-state index in [0.717, 1.165) is 10.6 Å². The van der Waals surface area contributed by atoms with E-state index in [4.69, 9.17) is 9.15 Å². The minimum absolute atomic E-state index is 0.235. The standard InChI is InChI=1S/C28H24FN5O5S/c1-30-28(35)26-21-11-20(17-10-18(15-31-14-17)22-12-25-34(32-22)8-9-38-25)23(33(2)40(3,36)37)13-24(21)39-27(26)16-4-6-19(29)7-5-16/h4-7,10-15H,8-9H2,1-3H3,(H,30,35). The number of hydrogen-bond acceptors (Lipinski definition) is 7. The van der Waals surface area contributed by atoms with Gasteiger partial charge in [0.2, 0.25) is 15.9 Å². The maximum atomic E-state index is 13.6. The summed E-state index contributed by atoms with van der Waals surface area (Å²) in [5.74, 6) is 0.0651. The van der Waals surface area contributed by atoms with Crippen molar-refractivity contribution in [1.29, 1.82) is 0 Å². The first-order valence-electron chi connectivity index (χ1n) is 12.3. The number of carbonyl (C=O) groups excluding carboxylic acids is 1. The van der Waals surface area contributed by atoms with E-state index in [1.807, 2.05) is 12.1 Å². The van der Waals surface area contributed by atoms with Gasteiger partial charge in [-0.2, -0.15) is 5.10 Å². The lowest BCUT2D eigenvalue weighted by Gasteiger charge is -2.20. The summed E-state index contributed by atoms with van der Waals surface area (Å²) in [6.07, 6.45) is 4.38. The summed E-state index contributed by atoms with van der Waals surface area (Å²) >= 11 is 0. The number of nitrogens with one attached hydrogen (secondary N) is 1. The van der Waals surface area contributed by atoms with E-state index in [1.54, 1.807) is 29.2 Å². The number of sulfonamides is 1.